The minimum absolute atomic E-state index is 0.386. The highest BCUT2D eigenvalue weighted by Crippen LogP contribution is 2.11. The normalized spacial score (nSPS) is 9.39. The first-order valence-corrected chi connectivity index (χ1v) is 5.84. The Morgan fingerprint density at radius 3 is 2.33 bits per heavy atom. The molecular weight excluding hydrogens is 222 g/mol. The third-order valence-electron chi connectivity index (χ3n) is 2.48. The molecule has 0 radical (unpaired) electrons. The van der Waals surface area contributed by atoms with Crippen LogP contribution in [-0.2, 0) is 6.54 Å². The van der Waals surface area contributed by atoms with Crippen molar-refractivity contribution < 1.29 is 4.74 Å². The number of ether oxygens (including phenoxy) is 1. The van der Waals surface area contributed by atoms with E-state index in [0.29, 0.717) is 13.2 Å². The molecule has 0 saturated heterocycles. The van der Waals surface area contributed by atoms with E-state index in [9.17, 15) is 0 Å². The maximum atomic E-state index is 5.52. The molecule has 2 nitrogen and oxygen atoms in total. The molecule has 0 atom stereocenters. The van der Waals surface area contributed by atoms with Crippen molar-refractivity contribution in [1.29, 1.82) is 0 Å². The highest BCUT2D eigenvalue weighted by Gasteiger charge is 1.92. The zero-order valence-corrected chi connectivity index (χ0v) is 10.1. The smallest absolute Gasteiger partial charge is 0.149 e. The van der Waals surface area contributed by atoms with Crippen LogP contribution in [0.15, 0.2) is 54.6 Å². The first kappa shape index (κ1) is 12.2. The van der Waals surface area contributed by atoms with E-state index in [1.165, 1.54) is 0 Å². The van der Waals surface area contributed by atoms with E-state index < -0.39 is 0 Å². The van der Waals surface area contributed by atoms with Crippen LogP contribution < -0.4 is 10.5 Å². The largest absolute Gasteiger partial charge is 0.481 e. The zero-order valence-electron chi connectivity index (χ0n) is 10.1. The molecule has 0 aromatic heterocycles. The Kier molecular flexibility index (Phi) is 4.40. The molecule has 2 aromatic rings. The molecule has 0 heterocycles. The molecule has 90 valence electrons. The van der Waals surface area contributed by atoms with Gasteiger partial charge in [0.25, 0.3) is 0 Å². The Labute approximate surface area is 107 Å². The van der Waals surface area contributed by atoms with Crippen LogP contribution in [0.5, 0.6) is 5.75 Å². The van der Waals surface area contributed by atoms with E-state index in [2.05, 4.69) is 11.8 Å². The van der Waals surface area contributed by atoms with Gasteiger partial charge in [0.2, 0.25) is 0 Å². The van der Waals surface area contributed by atoms with Crippen LogP contribution in [0.3, 0.4) is 0 Å². The maximum Gasteiger partial charge on any atom is 0.149 e. The number of hydrogen-bond acceptors (Lipinski definition) is 2. The fourth-order valence-corrected chi connectivity index (χ4v) is 1.50. The molecule has 0 unspecified atom stereocenters. The first-order valence-electron chi connectivity index (χ1n) is 5.84. The summed E-state index contributed by atoms with van der Waals surface area (Å²) in [5.41, 5.74) is 7.62. The molecule has 0 saturated carbocycles. The number of benzene rings is 2. The molecule has 0 fully saturated rings. The van der Waals surface area contributed by atoms with Crippen LogP contribution in [0.1, 0.15) is 11.1 Å². The van der Waals surface area contributed by atoms with Gasteiger partial charge in [-0.05, 0) is 29.8 Å². The molecule has 0 spiro atoms. The summed E-state index contributed by atoms with van der Waals surface area (Å²) in [5.74, 6) is 6.84. The van der Waals surface area contributed by atoms with Gasteiger partial charge in [-0.3, -0.25) is 0 Å². The lowest BCUT2D eigenvalue weighted by Gasteiger charge is -2.02. The number of rotatable bonds is 3. The van der Waals surface area contributed by atoms with Gasteiger partial charge in [0.05, 0.1) is 0 Å². The second-order valence-electron chi connectivity index (χ2n) is 3.80. The van der Waals surface area contributed by atoms with Crippen LogP contribution >= 0.6 is 0 Å². The molecular formula is C16H15NO. The van der Waals surface area contributed by atoms with Crippen molar-refractivity contribution in [2.75, 3.05) is 6.61 Å². The van der Waals surface area contributed by atoms with E-state index in [1.54, 1.807) is 0 Å². The highest BCUT2D eigenvalue weighted by atomic mass is 16.5. The van der Waals surface area contributed by atoms with Crippen LogP contribution in [0.2, 0.25) is 0 Å². The molecule has 0 aliphatic heterocycles. The van der Waals surface area contributed by atoms with Gasteiger partial charge >= 0.3 is 0 Å². The van der Waals surface area contributed by atoms with Crippen molar-refractivity contribution in [3.8, 4) is 17.6 Å². The molecule has 18 heavy (non-hydrogen) atoms. The molecule has 0 amide bonds. The van der Waals surface area contributed by atoms with Crippen LogP contribution in [0.25, 0.3) is 0 Å². The fourth-order valence-electron chi connectivity index (χ4n) is 1.50. The van der Waals surface area contributed by atoms with Crippen LogP contribution in [0.4, 0.5) is 0 Å². The summed E-state index contributed by atoms with van der Waals surface area (Å²) < 4.78 is 5.51. The lowest BCUT2D eigenvalue weighted by atomic mass is 10.2. The Bertz CT molecular complexity index is 535. The summed E-state index contributed by atoms with van der Waals surface area (Å²) >= 11 is 0. The Balaban J connectivity index is 1.87. The molecule has 0 aliphatic carbocycles. The van der Waals surface area contributed by atoms with E-state index in [4.69, 9.17) is 10.5 Å². The zero-order chi connectivity index (χ0) is 12.6. The average molecular weight is 237 g/mol. The summed E-state index contributed by atoms with van der Waals surface area (Å²) in [6.07, 6.45) is 0. The second kappa shape index (κ2) is 6.48. The van der Waals surface area contributed by atoms with Gasteiger partial charge in [0.1, 0.15) is 12.4 Å². The fraction of sp³-hybridized carbons (Fsp3) is 0.125. The molecule has 0 aliphatic rings. The predicted molar refractivity (Wildman–Crippen MR) is 73.1 cm³/mol. The summed E-state index contributed by atoms with van der Waals surface area (Å²) in [6, 6.07) is 17.6. The van der Waals surface area contributed by atoms with E-state index in [-0.39, 0.29) is 0 Å². The number of nitrogens with two attached hydrogens (primary N) is 1. The van der Waals surface area contributed by atoms with Crippen molar-refractivity contribution in [3.63, 3.8) is 0 Å². The van der Waals surface area contributed by atoms with Gasteiger partial charge in [-0.2, -0.15) is 0 Å². The van der Waals surface area contributed by atoms with Gasteiger partial charge in [-0.25, -0.2) is 0 Å². The van der Waals surface area contributed by atoms with E-state index in [0.717, 1.165) is 16.9 Å². The maximum absolute atomic E-state index is 5.52. The first-order chi connectivity index (χ1) is 8.88. The summed E-state index contributed by atoms with van der Waals surface area (Å²) in [5, 5.41) is 0. The summed E-state index contributed by atoms with van der Waals surface area (Å²) in [7, 11) is 0. The van der Waals surface area contributed by atoms with Crippen molar-refractivity contribution in [2.24, 2.45) is 5.73 Å². The Morgan fingerprint density at radius 2 is 1.67 bits per heavy atom. The Morgan fingerprint density at radius 1 is 0.944 bits per heavy atom. The molecule has 2 aromatic carbocycles. The van der Waals surface area contributed by atoms with Crippen LogP contribution in [0, 0.1) is 11.8 Å². The van der Waals surface area contributed by atoms with Gasteiger partial charge < -0.3 is 10.5 Å². The van der Waals surface area contributed by atoms with Gasteiger partial charge in [0, 0.05) is 12.1 Å². The standard InChI is InChI=1S/C16H15NO/c17-13-15-8-10-16(11-9-15)18-12-4-7-14-5-2-1-3-6-14/h1-3,5-6,8-11H,12-13,17H2. The minimum atomic E-state index is 0.386. The third-order valence-corrected chi connectivity index (χ3v) is 2.48. The lowest BCUT2D eigenvalue weighted by molar-refractivity contribution is 0.370. The van der Waals surface area contributed by atoms with Crippen molar-refractivity contribution >= 4 is 0 Å². The molecule has 2 rings (SSSR count). The van der Waals surface area contributed by atoms with Crippen molar-refractivity contribution in [1.82, 2.24) is 0 Å². The topological polar surface area (TPSA) is 35.2 Å². The lowest BCUT2D eigenvalue weighted by Crippen LogP contribution is -1.97. The summed E-state index contributed by atoms with van der Waals surface area (Å²) in [4.78, 5) is 0. The van der Waals surface area contributed by atoms with Gasteiger partial charge in [0.15, 0.2) is 0 Å². The van der Waals surface area contributed by atoms with Gasteiger partial charge in [-0.1, -0.05) is 42.2 Å². The minimum Gasteiger partial charge on any atom is -0.481 e. The summed E-state index contributed by atoms with van der Waals surface area (Å²) in [6.45, 7) is 0.935. The Hall–Kier alpha value is -2.24. The second-order valence-corrected chi connectivity index (χ2v) is 3.80. The SMILES string of the molecule is NCc1ccc(OCC#Cc2ccccc2)cc1. The number of hydrogen-bond donors (Lipinski definition) is 1. The highest BCUT2D eigenvalue weighted by molar-refractivity contribution is 5.34. The third kappa shape index (κ3) is 3.65. The quantitative estimate of drug-likeness (QED) is 0.833. The predicted octanol–water partition coefficient (Wildman–Crippen LogP) is 2.58. The average Bonchev–Trinajstić information content (AvgIpc) is 2.45. The molecule has 2 heteroatoms. The van der Waals surface area contributed by atoms with E-state index >= 15 is 0 Å². The van der Waals surface area contributed by atoms with Crippen molar-refractivity contribution in [2.45, 2.75) is 6.54 Å². The molecule has 2 N–H and O–H groups in total. The van der Waals surface area contributed by atoms with Crippen LogP contribution in [-0.4, -0.2) is 6.61 Å². The van der Waals surface area contributed by atoms with E-state index in [1.807, 2.05) is 54.6 Å². The van der Waals surface area contributed by atoms with Crippen molar-refractivity contribution in [3.05, 3.63) is 65.7 Å². The van der Waals surface area contributed by atoms with Gasteiger partial charge in [-0.15, -0.1) is 0 Å². The molecule has 0 bridgehead atoms. The monoisotopic (exact) mass is 237 g/mol.